The van der Waals surface area contributed by atoms with Crippen molar-refractivity contribution in [1.29, 1.82) is 0 Å². The summed E-state index contributed by atoms with van der Waals surface area (Å²) in [6, 6.07) is 5.19. The van der Waals surface area contributed by atoms with Gasteiger partial charge in [-0.05, 0) is 44.4 Å². The molecular formula is C15H20BrNO3. The van der Waals surface area contributed by atoms with Crippen LogP contribution in [0, 0.1) is 5.92 Å². The third-order valence-corrected chi connectivity index (χ3v) is 4.39. The lowest BCUT2D eigenvalue weighted by Crippen LogP contribution is -2.38. The molecule has 110 valence electrons. The first kappa shape index (κ1) is 15.3. The molecule has 1 saturated carbocycles. The molecule has 1 aromatic rings. The molecule has 1 aliphatic rings. The summed E-state index contributed by atoms with van der Waals surface area (Å²) in [6.45, 7) is 2.84. The second-order valence-corrected chi connectivity index (χ2v) is 6.15. The van der Waals surface area contributed by atoms with E-state index in [0.717, 1.165) is 17.3 Å². The van der Waals surface area contributed by atoms with Crippen LogP contribution >= 0.6 is 15.9 Å². The van der Waals surface area contributed by atoms with Crippen LogP contribution in [-0.4, -0.2) is 33.7 Å². The highest BCUT2D eigenvalue weighted by Crippen LogP contribution is 2.29. The molecule has 20 heavy (non-hydrogen) atoms. The molecule has 1 fully saturated rings. The fraction of sp³-hybridized carbons (Fsp3) is 0.533. The van der Waals surface area contributed by atoms with Gasteiger partial charge in [-0.25, -0.2) is 0 Å². The molecule has 0 radical (unpaired) electrons. The summed E-state index contributed by atoms with van der Waals surface area (Å²) < 4.78 is 0.870. The lowest BCUT2D eigenvalue weighted by atomic mass is 10.0. The van der Waals surface area contributed by atoms with Gasteiger partial charge in [0.25, 0.3) is 0 Å². The van der Waals surface area contributed by atoms with E-state index in [1.165, 1.54) is 0 Å². The average molecular weight is 342 g/mol. The van der Waals surface area contributed by atoms with Gasteiger partial charge < -0.3 is 15.1 Å². The Kier molecular flexibility index (Phi) is 5.05. The third kappa shape index (κ3) is 3.33. The number of hydrogen-bond acceptors (Lipinski definition) is 3. The van der Waals surface area contributed by atoms with E-state index in [0.29, 0.717) is 25.1 Å². The van der Waals surface area contributed by atoms with E-state index in [4.69, 9.17) is 0 Å². The molecule has 0 spiro atoms. The molecule has 0 aromatic heterocycles. The maximum absolute atomic E-state index is 12.5. The molecule has 2 rings (SSSR count). The third-order valence-electron chi connectivity index (χ3n) is 3.89. The Labute approximate surface area is 127 Å². The Morgan fingerprint density at radius 1 is 1.45 bits per heavy atom. The summed E-state index contributed by atoms with van der Waals surface area (Å²) in [7, 11) is 0. The van der Waals surface area contributed by atoms with E-state index in [-0.39, 0.29) is 17.6 Å². The molecule has 1 aliphatic carbocycles. The number of nitrogens with zero attached hydrogens (tertiary/aromatic N) is 1. The minimum absolute atomic E-state index is 0.0168. The van der Waals surface area contributed by atoms with Crippen LogP contribution in [0.15, 0.2) is 22.7 Å². The van der Waals surface area contributed by atoms with Gasteiger partial charge in [0.15, 0.2) is 0 Å². The molecule has 0 heterocycles. The fourth-order valence-corrected chi connectivity index (χ4v) is 3.10. The molecule has 2 unspecified atom stereocenters. The minimum atomic E-state index is -0.521. The second kappa shape index (κ2) is 6.59. The summed E-state index contributed by atoms with van der Waals surface area (Å²) in [6.07, 6.45) is 1.83. The Balaban J connectivity index is 2.12. The van der Waals surface area contributed by atoms with Crippen molar-refractivity contribution in [2.24, 2.45) is 5.92 Å². The normalized spacial score (nSPS) is 21.9. The van der Waals surface area contributed by atoms with E-state index in [1.807, 2.05) is 13.0 Å². The number of benzene rings is 1. The Bertz CT molecular complexity index is 492. The van der Waals surface area contributed by atoms with Gasteiger partial charge in [-0.2, -0.15) is 0 Å². The van der Waals surface area contributed by atoms with Crippen molar-refractivity contribution in [2.75, 3.05) is 6.54 Å². The van der Waals surface area contributed by atoms with Gasteiger partial charge in [0.2, 0.25) is 5.91 Å². The number of aliphatic hydroxyl groups excluding tert-OH is 1. The summed E-state index contributed by atoms with van der Waals surface area (Å²) in [5.74, 6) is -0.118. The molecule has 1 amide bonds. The zero-order chi connectivity index (χ0) is 14.7. The summed E-state index contributed by atoms with van der Waals surface area (Å²) in [4.78, 5) is 14.2. The highest BCUT2D eigenvalue weighted by atomic mass is 79.9. The smallest absolute Gasteiger partial charge is 0.228 e. The van der Waals surface area contributed by atoms with Gasteiger partial charge in [-0.15, -0.1) is 0 Å². The van der Waals surface area contributed by atoms with Gasteiger partial charge in [0, 0.05) is 23.1 Å². The lowest BCUT2D eigenvalue weighted by molar-refractivity contribution is -0.138. The number of amides is 1. The van der Waals surface area contributed by atoms with Crippen LogP contribution in [0.3, 0.4) is 0 Å². The van der Waals surface area contributed by atoms with Gasteiger partial charge in [0.05, 0.1) is 12.0 Å². The number of carbonyl (C=O) groups is 1. The van der Waals surface area contributed by atoms with Crippen LogP contribution < -0.4 is 0 Å². The number of carbonyl (C=O) groups excluding carboxylic acids is 1. The first-order valence-electron chi connectivity index (χ1n) is 6.97. The van der Waals surface area contributed by atoms with Crippen LogP contribution in [0.5, 0.6) is 5.75 Å². The van der Waals surface area contributed by atoms with Gasteiger partial charge in [-0.3, -0.25) is 4.79 Å². The molecule has 0 aliphatic heterocycles. The number of phenols is 1. The second-order valence-electron chi connectivity index (χ2n) is 5.23. The first-order valence-corrected chi connectivity index (χ1v) is 7.76. The van der Waals surface area contributed by atoms with Crippen molar-refractivity contribution in [1.82, 2.24) is 4.90 Å². The summed E-state index contributed by atoms with van der Waals surface area (Å²) in [5, 5.41) is 19.7. The number of aliphatic hydroxyl groups is 1. The largest absolute Gasteiger partial charge is 0.508 e. The van der Waals surface area contributed by atoms with E-state index in [9.17, 15) is 15.0 Å². The van der Waals surface area contributed by atoms with Crippen molar-refractivity contribution in [3.8, 4) is 5.75 Å². The maximum Gasteiger partial charge on any atom is 0.228 e. The van der Waals surface area contributed by atoms with E-state index >= 15 is 0 Å². The Morgan fingerprint density at radius 3 is 2.80 bits per heavy atom. The number of hydrogen-bond donors (Lipinski definition) is 2. The fourth-order valence-electron chi connectivity index (χ4n) is 2.69. The molecule has 1 aromatic carbocycles. The number of halogens is 1. The minimum Gasteiger partial charge on any atom is -0.508 e. The quantitative estimate of drug-likeness (QED) is 0.884. The predicted octanol–water partition coefficient (Wildman–Crippen LogP) is 2.66. The Morgan fingerprint density at radius 2 is 2.20 bits per heavy atom. The van der Waals surface area contributed by atoms with Gasteiger partial charge in [0.1, 0.15) is 5.75 Å². The van der Waals surface area contributed by atoms with Crippen LogP contribution in [0.4, 0.5) is 0 Å². The van der Waals surface area contributed by atoms with Crippen LogP contribution in [-0.2, 0) is 11.3 Å². The zero-order valence-corrected chi connectivity index (χ0v) is 13.1. The van der Waals surface area contributed by atoms with Crippen LogP contribution in [0.1, 0.15) is 31.7 Å². The SMILES string of the molecule is CCN(Cc1cc(Br)ccc1O)C(=O)C1CCCC1O. The van der Waals surface area contributed by atoms with Crippen LogP contribution in [0.25, 0.3) is 0 Å². The van der Waals surface area contributed by atoms with Crippen molar-refractivity contribution in [3.63, 3.8) is 0 Å². The average Bonchev–Trinajstić information content (AvgIpc) is 2.85. The molecular weight excluding hydrogens is 322 g/mol. The van der Waals surface area contributed by atoms with Crippen LogP contribution in [0.2, 0.25) is 0 Å². The van der Waals surface area contributed by atoms with Crippen molar-refractivity contribution in [3.05, 3.63) is 28.2 Å². The monoisotopic (exact) mass is 341 g/mol. The number of phenolic OH excluding ortho intramolecular Hbond substituents is 1. The van der Waals surface area contributed by atoms with Gasteiger partial charge >= 0.3 is 0 Å². The standard InChI is InChI=1S/C15H20BrNO3/c1-2-17(15(20)12-4-3-5-14(12)19)9-10-8-11(16)6-7-13(10)18/h6-8,12,14,18-19H,2-5,9H2,1H3. The molecule has 5 heteroatoms. The van der Waals surface area contributed by atoms with Crippen molar-refractivity contribution in [2.45, 2.75) is 38.8 Å². The maximum atomic E-state index is 12.5. The van der Waals surface area contributed by atoms with E-state index in [1.54, 1.807) is 17.0 Å². The first-order chi connectivity index (χ1) is 9.52. The summed E-state index contributed by atoms with van der Waals surface area (Å²) in [5.41, 5.74) is 0.710. The molecule has 2 N–H and O–H groups in total. The van der Waals surface area contributed by atoms with Crippen molar-refractivity contribution >= 4 is 21.8 Å². The number of aromatic hydroxyl groups is 1. The topological polar surface area (TPSA) is 60.8 Å². The molecule has 2 atom stereocenters. The zero-order valence-electron chi connectivity index (χ0n) is 11.6. The lowest BCUT2D eigenvalue weighted by Gasteiger charge is -2.26. The molecule has 0 saturated heterocycles. The predicted molar refractivity (Wildman–Crippen MR) is 80.2 cm³/mol. The highest BCUT2D eigenvalue weighted by Gasteiger charge is 2.34. The molecule has 0 bridgehead atoms. The summed E-state index contributed by atoms with van der Waals surface area (Å²) >= 11 is 3.37. The Hall–Kier alpha value is -1.07. The van der Waals surface area contributed by atoms with Crippen molar-refractivity contribution < 1.29 is 15.0 Å². The van der Waals surface area contributed by atoms with E-state index in [2.05, 4.69) is 15.9 Å². The molecule has 4 nitrogen and oxygen atoms in total. The van der Waals surface area contributed by atoms with Gasteiger partial charge in [-0.1, -0.05) is 15.9 Å². The highest BCUT2D eigenvalue weighted by molar-refractivity contribution is 9.10. The van der Waals surface area contributed by atoms with E-state index < -0.39 is 6.10 Å². The number of rotatable bonds is 4.